The van der Waals surface area contributed by atoms with Gasteiger partial charge in [0.1, 0.15) is 5.65 Å². The van der Waals surface area contributed by atoms with Crippen LogP contribution >= 0.6 is 0 Å². The van der Waals surface area contributed by atoms with Crippen LogP contribution in [0.15, 0.2) is 83.3 Å². The highest BCUT2D eigenvalue weighted by molar-refractivity contribution is 7.89. The second kappa shape index (κ2) is 8.60. The molecule has 9 nitrogen and oxygen atoms in total. The Labute approximate surface area is 185 Å². The average Bonchev–Trinajstić information content (AvgIpc) is 3.20. The monoisotopic (exact) mass is 448 g/mol. The molecule has 3 aromatic heterocycles. The lowest BCUT2D eigenvalue weighted by molar-refractivity contribution is -0.114. The van der Waals surface area contributed by atoms with Crippen LogP contribution in [-0.4, -0.2) is 46.4 Å². The van der Waals surface area contributed by atoms with Gasteiger partial charge in [0.05, 0.1) is 23.0 Å². The number of pyridine rings is 2. The Balaban J connectivity index is 1.58. The zero-order valence-electron chi connectivity index (χ0n) is 17.4. The van der Waals surface area contributed by atoms with Gasteiger partial charge in [-0.05, 0) is 42.5 Å². The smallest absolute Gasteiger partial charge is 0.278 e. The van der Waals surface area contributed by atoms with Crippen LogP contribution in [0.5, 0.6) is 0 Å². The minimum Gasteiger partial charge on any atom is -0.326 e. The van der Waals surface area contributed by atoms with Crippen LogP contribution in [0.4, 0.5) is 5.69 Å². The first-order chi connectivity index (χ1) is 15.3. The molecule has 10 heteroatoms. The van der Waals surface area contributed by atoms with E-state index < -0.39 is 10.0 Å². The SMILES string of the molecule is CC(=O)Nc1ccc(S(=O)(=O)N(C)N=Cc2cnc3ccc(-c4cccnc4)cn23)cc1. The van der Waals surface area contributed by atoms with Gasteiger partial charge in [0.25, 0.3) is 10.0 Å². The molecule has 0 aliphatic heterocycles. The van der Waals surface area contributed by atoms with Crippen molar-refractivity contribution in [3.8, 4) is 11.1 Å². The van der Waals surface area contributed by atoms with Crippen LogP contribution in [0.25, 0.3) is 16.8 Å². The summed E-state index contributed by atoms with van der Waals surface area (Å²) in [5.41, 5.74) is 3.73. The van der Waals surface area contributed by atoms with E-state index in [1.807, 2.05) is 34.9 Å². The largest absolute Gasteiger partial charge is 0.326 e. The number of amides is 1. The molecule has 0 saturated heterocycles. The van der Waals surface area contributed by atoms with Crippen LogP contribution < -0.4 is 5.32 Å². The quantitative estimate of drug-likeness (QED) is 0.360. The summed E-state index contributed by atoms with van der Waals surface area (Å²) in [5, 5.41) is 6.71. The van der Waals surface area contributed by atoms with Gasteiger partial charge in [-0.1, -0.05) is 6.07 Å². The summed E-state index contributed by atoms with van der Waals surface area (Å²) < 4.78 is 28.4. The number of nitrogens with zero attached hydrogens (tertiary/aromatic N) is 5. The summed E-state index contributed by atoms with van der Waals surface area (Å²) in [5.74, 6) is -0.234. The van der Waals surface area contributed by atoms with Crippen LogP contribution in [-0.2, 0) is 14.8 Å². The van der Waals surface area contributed by atoms with E-state index in [2.05, 4.69) is 20.4 Å². The van der Waals surface area contributed by atoms with Gasteiger partial charge < -0.3 is 5.32 Å². The number of anilines is 1. The normalized spacial score (nSPS) is 11.7. The van der Waals surface area contributed by atoms with Crippen molar-refractivity contribution in [1.29, 1.82) is 0 Å². The van der Waals surface area contributed by atoms with Crippen LogP contribution in [0, 0.1) is 0 Å². The Morgan fingerprint density at radius 2 is 1.88 bits per heavy atom. The predicted molar refractivity (Wildman–Crippen MR) is 122 cm³/mol. The minimum atomic E-state index is -3.86. The molecule has 0 saturated carbocycles. The van der Waals surface area contributed by atoms with E-state index in [0.717, 1.165) is 15.5 Å². The number of hydrazone groups is 1. The average molecular weight is 449 g/mol. The molecule has 0 unspecified atom stereocenters. The fraction of sp³-hybridized carbons (Fsp3) is 0.0909. The lowest BCUT2D eigenvalue weighted by atomic mass is 10.1. The second-order valence-electron chi connectivity index (χ2n) is 6.96. The molecule has 1 N–H and O–H groups in total. The molecule has 162 valence electrons. The van der Waals surface area contributed by atoms with E-state index in [1.165, 1.54) is 44.5 Å². The number of hydrogen-bond donors (Lipinski definition) is 1. The Morgan fingerprint density at radius 3 is 2.56 bits per heavy atom. The summed E-state index contributed by atoms with van der Waals surface area (Å²) in [6, 6.07) is 13.5. The number of carbonyl (C=O) groups is 1. The maximum absolute atomic E-state index is 12.8. The molecule has 32 heavy (non-hydrogen) atoms. The van der Waals surface area contributed by atoms with Crippen molar-refractivity contribution in [1.82, 2.24) is 18.8 Å². The first-order valence-corrected chi connectivity index (χ1v) is 11.1. The van der Waals surface area contributed by atoms with Gasteiger partial charge in [-0.3, -0.25) is 14.2 Å². The number of fused-ring (bicyclic) bond motifs is 1. The summed E-state index contributed by atoms with van der Waals surface area (Å²) in [4.78, 5) is 19.7. The summed E-state index contributed by atoms with van der Waals surface area (Å²) in [7, 11) is -2.50. The van der Waals surface area contributed by atoms with Gasteiger partial charge in [-0.15, -0.1) is 0 Å². The van der Waals surface area contributed by atoms with Crippen molar-refractivity contribution >= 4 is 33.5 Å². The van der Waals surface area contributed by atoms with Crippen LogP contribution in [0.1, 0.15) is 12.6 Å². The van der Waals surface area contributed by atoms with E-state index in [4.69, 9.17) is 0 Å². The van der Waals surface area contributed by atoms with Gasteiger partial charge in [-0.2, -0.15) is 17.9 Å². The molecule has 1 amide bonds. The highest BCUT2D eigenvalue weighted by Crippen LogP contribution is 2.20. The molecule has 4 rings (SSSR count). The molecule has 0 bridgehead atoms. The summed E-state index contributed by atoms with van der Waals surface area (Å²) in [6.07, 6.45) is 8.44. The van der Waals surface area contributed by atoms with Gasteiger partial charge in [0.15, 0.2) is 0 Å². The fourth-order valence-corrected chi connectivity index (χ4v) is 4.02. The number of carbonyl (C=O) groups excluding carboxylic acids is 1. The maximum atomic E-state index is 12.8. The summed E-state index contributed by atoms with van der Waals surface area (Å²) in [6.45, 7) is 1.38. The Kier molecular flexibility index (Phi) is 5.69. The van der Waals surface area contributed by atoms with Crippen LogP contribution in [0.3, 0.4) is 0 Å². The van der Waals surface area contributed by atoms with Gasteiger partial charge in [0, 0.05) is 49.4 Å². The van der Waals surface area contributed by atoms with E-state index >= 15 is 0 Å². The zero-order chi connectivity index (χ0) is 22.7. The van der Waals surface area contributed by atoms with Crippen molar-refractivity contribution in [2.24, 2.45) is 5.10 Å². The van der Waals surface area contributed by atoms with Gasteiger partial charge >= 0.3 is 0 Å². The van der Waals surface area contributed by atoms with Crippen molar-refractivity contribution in [2.45, 2.75) is 11.8 Å². The zero-order valence-corrected chi connectivity index (χ0v) is 18.2. The van der Waals surface area contributed by atoms with E-state index in [9.17, 15) is 13.2 Å². The first-order valence-electron chi connectivity index (χ1n) is 9.63. The molecule has 3 heterocycles. The number of hydrogen-bond acceptors (Lipinski definition) is 6. The van der Waals surface area contributed by atoms with Crippen molar-refractivity contribution in [3.63, 3.8) is 0 Å². The van der Waals surface area contributed by atoms with E-state index in [-0.39, 0.29) is 10.8 Å². The number of benzene rings is 1. The lowest BCUT2D eigenvalue weighted by Crippen LogP contribution is -2.22. The Morgan fingerprint density at radius 1 is 1.09 bits per heavy atom. The molecule has 0 aliphatic carbocycles. The Bertz CT molecular complexity index is 1400. The molecular formula is C22H20N6O3S. The molecule has 0 radical (unpaired) electrons. The molecule has 0 fully saturated rings. The van der Waals surface area contributed by atoms with Crippen molar-refractivity contribution in [3.05, 3.63) is 79.0 Å². The highest BCUT2D eigenvalue weighted by atomic mass is 32.2. The fourth-order valence-electron chi connectivity index (χ4n) is 3.07. The van der Waals surface area contributed by atoms with E-state index in [1.54, 1.807) is 18.6 Å². The number of imidazole rings is 1. The first kappa shape index (κ1) is 21.2. The topological polar surface area (TPSA) is 109 Å². The number of nitrogens with one attached hydrogen (secondary N) is 1. The highest BCUT2D eigenvalue weighted by Gasteiger charge is 2.19. The molecule has 0 atom stereocenters. The van der Waals surface area contributed by atoms with Crippen molar-refractivity contribution in [2.75, 3.05) is 12.4 Å². The van der Waals surface area contributed by atoms with Crippen molar-refractivity contribution < 1.29 is 13.2 Å². The number of sulfonamides is 1. The molecule has 1 aromatic carbocycles. The third-order valence-corrected chi connectivity index (χ3v) is 6.36. The third kappa shape index (κ3) is 4.35. The Hall–Kier alpha value is -4.05. The standard InChI is InChI=1S/C22H20N6O3S/c1-16(29)26-19-6-8-21(9-7-19)32(30,31)27(2)25-14-20-13-24-22-10-5-18(15-28(20)22)17-4-3-11-23-12-17/h3-15H,1-2H3,(H,26,29). The molecular weight excluding hydrogens is 428 g/mol. The minimum absolute atomic E-state index is 0.0586. The summed E-state index contributed by atoms with van der Waals surface area (Å²) >= 11 is 0. The molecule has 0 aliphatic rings. The number of aromatic nitrogens is 3. The second-order valence-corrected chi connectivity index (χ2v) is 8.91. The van der Waals surface area contributed by atoms with E-state index in [0.29, 0.717) is 17.0 Å². The van der Waals surface area contributed by atoms with Gasteiger partial charge in [-0.25, -0.2) is 4.98 Å². The molecule has 0 spiro atoms. The third-order valence-electron chi connectivity index (χ3n) is 4.70. The number of rotatable bonds is 6. The maximum Gasteiger partial charge on any atom is 0.278 e. The molecule has 4 aromatic rings. The van der Waals surface area contributed by atoms with Gasteiger partial charge in [0.2, 0.25) is 5.91 Å². The van der Waals surface area contributed by atoms with Crippen LogP contribution in [0.2, 0.25) is 0 Å². The predicted octanol–water partition coefficient (Wildman–Crippen LogP) is 3.01. The lowest BCUT2D eigenvalue weighted by Gasteiger charge is -2.14.